The van der Waals surface area contributed by atoms with Gasteiger partial charge in [0.05, 0.1) is 15.5 Å². The molecule has 0 aliphatic carbocycles. The highest BCUT2D eigenvalue weighted by Crippen LogP contribution is 2.27. The van der Waals surface area contributed by atoms with Gasteiger partial charge in [0.15, 0.2) is 5.17 Å². The van der Waals surface area contributed by atoms with E-state index in [1.165, 1.54) is 12.1 Å². The van der Waals surface area contributed by atoms with E-state index in [-0.39, 0.29) is 10.1 Å². The lowest BCUT2D eigenvalue weighted by Gasteiger charge is -2.00. The molecule has 8 heteroatoms. The minimum atomic E-state index is -3.87. The van der Waals surface area contributed by atoms with Gasteiger partial charge in [0.2, 0.25) is 0 Å². The van der Waals surface area contributed by atoms with Crippen molar-refractivity contribution in [2.24, 2.45) is 4.40 Å². The third-order valence-electron chi connectivity index (χ3n) is 3.14. The van der Waals surface area contributed by atoms with Crippen molar-refractivity contribution in [3.8, 4) is 0 Å². The summed E-state index contributed by atoms with van der Waals surface area (Å²) in [5, 5.41) is 2.49. The van der Waals surface area contributed by atoms with Crippen molar-refractivity contribution < 1.29 is 13.2 Å². The Morgan fingerprint density at radius 1 is 1.17 bits per heavy atom. The van der Waals surface area contributed by atoms with Crippen LogP contribution in [0.15, 0.2) is 62.9 Å². The Morgan fingerprint density at radius 2 is 1.92 bits per heavy atom. The zero-order valence-corrected chi connectivity index (χ0v) is 14.3. The molecule has 24 heavy (non-hydrogen) atoms. The number of carbonyl (C=O) groups excluding carboxylic acids is 1. The Morgan fingerprint density at radius 3 is 2.58 bits per heavy atom. The molecule has 0 unspecified atom stereocenters. The van der Waals surface area contributed by atoms with Gasteiger partial charge in [0.1, 0.15) is 0 Å². The van der Waals surface area contributed by atoms with Gasteiger partial charge in [-0.1, -0.05) is 23.8 Å². The molecule has 1 aromatic carbocycles. The van der Waals surface area contributed by atoms with Crippen LogP contribution in [-0.2, 0) is 14.8 Å². The van der Waals surface area contributed by atoms with E-state index in [4.69, 9.17) is 0 Å². The fourth-order valence-corrected chi connectivity index (χ4v) is 3.91. The number of hydrogen-bond acceptors (Lipinski definition) is 5. The summed E-state index contributed by atoms with van der Waals surface area (Å²) in [6.45, 7) is 1.87. The minimum absolute atomic E-state index is 0.0303. The summed E-state index contributed by atoms with van der Waals surface area (Å²) in [7, 11) is -3.87. The molecule has 0 bridgehead atoms. The van der Waals surface area contributed by atoms with Crippen molar-refractivity contribution in [2.75, 3.05) is 0 Å². The molecule has 3 rings (SSSR count). The number of thioether (sulfide) groups is 1. The number of benzene rings is 1. The van der Waals surface area contributed by atoms with Gasteiger partial charge in [-0.15, -0.1) is 4.40 Å². The second-order valence-corrected chi connectivity index (χ2v) is 7.64. The van der Waals surface area contributed by atoms with Crippen LogP contribution in [-0.4, -0.2) is 24.5 Å². The Labute approximate surface area is 143 Å². The van der Waals surface area contributed by atoms with Crippen LogP contribution in [0.25, 0.3) is 6.08 Å². The van der Waals surface area contributed by atoms with E-state index in [0.29, 0.717) is 10.6 Å². The largest absolute Gasteiger partial charge is 0.300 e. The smallest absolute Gasteiger partial charge is 0.284 e. The number of amides is 1. The molecule has 2 heterocycles. The number of aromatic nitrogens is 1. The van der Waals surface area contributed by atoms with E-state index < -0.39 is 15.9 Å². The summed E-state index contributed by atoms with van der Waals surface area (Å²) >= 11 is 0.970. The molecule has 0 radical (unpaired) electrons. The predicted molar refractivity (Wildman–Crippen MR) is 93.7 cm³/mol. The second-order valence-electron chi connectivity index (χ2n) is 5.00. The molecule has 2 aromatic rings. The highest BCUT2D eigenvalue weighted by Gasteiger charge is 2.26. The topological polar surface area (TPSA) is 88.5 Å². The number of aryl methyl sites for hydroxylation is 1. The number of hydrogen-bond donors (Lipinski definition) is 1. The predicted octanol–water partition coefficient (Wildman–Crippen LogP) is 2.34. The maximum atomic E-state index is 12.3. The van der Waals surface area contributed by atoms with E-state index in [0.717, 1.165) is 17.3 Å². The summed E-state index contributed by atoms with van der Waals surface area (Å²) in [6.07, 6.45) is 3.20. The quantitative estimate of drug-likeness (QED) is 0.850. The zero-order chi connectivity index (χ0) is 17.2. The van der Waals surface area contributed by atoms with Gasteiger partial charge in [0.25, 0.3) is 15.9 Å². The normalized spacial score (nSPS) is 18.1. The third-order valence-corrected chi connectivity index (χ3v) is 5.46. The minimum Gasteiger partial charge on any atom is -0.300 e. The zero-order valence-electron chi connectivity index (χ0n) is 12.6. The van der Waals surface area contributed by atoms with Gasteiger partial charge in [-0.2, -0.15) is 8.42 Å². The number of amidine groups is 1. The molecule has 1 saturated heterocycles. The van der Waals surface area contributed by atoms with Crippen LogP contribution in [0, 0.1) is 6.92 Å². The Kier molecular flexibility index (Phi) is 4.50. The molecular weight excluding hydrogens is 346 g/mol. The average Bonchev–Trinajstić information content (AvgIpc) is 2.87. The standard InChI is InChI=1S/C16H13N3O3S2/c1-11-5-7-13(8-6-11)24(21,22)19-16-18-15(20)14(23-16)10-12-4-2-3-9-17-12/h2-10H,1H3,(H,18,19,20)/b14-10+. The fourth-order valence-electron chi connectivity index (χ4n) is 1.94. The maximum absolute atomic E-state index is 12.3. The first-order valence-electron chi connectivity index (χ1n) is 6.98. The molecule has 0 saturated carbocycles. The highest BCUT2D eigenvalue weighted by molar-refractivity contribution is 8.19. The number of sulfonamides is 1. The van der Waals surface area contributed by atoms with Crippen LogP contribution < -0.4 is 5.32 Å². The van der Waals surface area contributed by atoms with Gasteiger partial charge in [0, 0.05) is 6.20 Å². The summed E-state index contributed by atoms with van der Waals surface area (Å²) < 4.78 is 28.3. The molecule has 1 aliphatic heterocycles. The number of pyridine rings is 1. The van der Waals surface area contributed by atoms with E-state index >= 15 is 0 Å². The van der Waals surface area contributed by atoms with Crippen molar-refractivity contribution in [3.63, 3.8) is 0 Å². The maximum Gasteiger partial charge on any atom is 0.284 e. The van der Waals surface area contributed by atoms with Crippen LogP contribution in [0.2, 0.25) is 0 Å². The first-order chi connectivity index (χ1) is 11.4. The van der Waals surface area contributed by atoms with Gasteiger partial charge in [-0.3, -0.25) is 15.1 Å². The van der Waals surface area contributed by atoms with E-state index in [1.807, 2.05) is 6.92 Å². The molecule has 1 N–H and O–H groups in total. The van der Waals surface area contributed by atoms with Crippen LogP contribution in [0.1, 0.15) is 11.3 Å². The first kappa shape index (κ1) is 16.4. The first-order valence-corrected chi connectivity index (χ1v) is 9.23. The fraction of sp³-hybridized carbons (Fsp3) is 0.0625. The lowest BCUT2D eigenvalue weighted by molar-refractivity contribution is -0.115. The van der Waals surface area contributed by atoms with Crippen molar-refractivity contribution >= 4 is 38.9 Å². The van der Waals surface area contributed by atoms with Gasteiger partial charge in [-0.25, -0.2) is 0 Å². The van der Waals surface area contributed by atoms with Crippen molar-refractivity contribution in [3.05, 3.63) is 64.8 Å². The summed E-state index contributed by atoms with van der Waals surface area (Å²) in [6, 6.07) is 11.7. The van der Waals surface area contributed by atoms with Gasteiger partial charge < -0.3 is 0 Å². The SMILES string of the molecule is Cc1ccc(S(=O)(=O)N=C2NC(=O)/C(=C\c3ccccn3)S2)cc1. The highest BCUT2D eigenvalue weighted by atomic mass is 32.2. The lowest BCUT2D eigenvalue weighted by Crippen LogP contribution is -2.20. The molecule has 6 nitrogen and oxygen atoms in total. The van der Waals surface area contributed by atoms with Crippen LogP contribution >= 0.6 is 11.8 Å². The van der Waals surface area contributed by atoms with Crippen molar-refractivity contribution in [2.45, 2.75) is 11.8 Å². The number of nitrogens with zero attached hydrogens (tertiary/aromatic N) is 2. The Hall–Kier alpha value is -2.45. The van der Waals surface area contributed by atoms with Gasteiger partial charge >= 0.3 is 0 Å². The Bertz CT molecular complexity index is 934. The van der Waals surface area contributed by atoms with E-state index in [2.05, 4.69) is 14.7 Å². The molecule has 0 atom stereocenters. The monoisotopic (exact) mass is 359 g/mol. The third kappa shape index (κ3) is 3.72. The average molecular weight is 359 g/mol. The number of carbonyl (C=O) groups is 1. The number of rotatable bonds is 3. The van der Waals surface area contributed by atoms with Crippen molar-refractivity contribution in [1.82, 2.24) is 10.3 Å². The molecule has 1 aromatic heterocycles. The molecule has 0 spiro atoms. The van der Waals surface area contributed by atoms with E-state index in [1.54, 1.807) is 42.6 Å². The van der Waals surface area contributed by atoms with Gasteiger partial charge in [-0.05, 0) is 49.0 Å². The molecule has 1 aliphatic rings. The Balaban J connectivity index is 1.86. The second kappa shape index (κ2) is 6.58. The molecular formula is C16H13N3O3S2. The van der Waals surface area contributed by atoms with E-state index in [9.17, 15) is 13.2 Å². The lowest BCUT2D eigenvalue weighted by atomic mass is 10.2. The summed E-state index contributed by atoms with van der Waals surface area (Å²) in [5.74, 6) is -0.400. The molecule has 122 valence electrons. The van der Waals surface area contributed by atoms with Crippen molar-refractivity contribution in [1.29, 1.82) is 0 Å². The van der Waals surface area contributed by atoms with Crippen LogP contribution in [0.3, 0.4) is 0 Å². The number of nitrogens with one attached hydrogen (secondary N) is 1. The van der Waals surface area contributed by atoms with Crippen LogP contribution in [0.4, 0.5) is 0 Å². The van der Waals surface area contributed by atoms with Crippen LogP contribution in [0.5, 0.6) is 0 Å². The molecule has 1 fully saturated rings. The summed E-state index contributed by atoms with van der Waals surface area (Å²) in [5.41, 5.74) is 1.56. The summed E-state index contributed by atoms with van der Waals surface area (Å²) in [4.78, 5) is 16.5. The molecule has 1 amide bonds.